The minimum Gasteiger partial charge on any atom is -0.495 e. The van der Waals surface area contributed by atoms with E-state index in [9.17, 15) is 18.0 Å². The van der Waals surface area contributed by atoms with Gasteiger partial charge in [0.15, 0.2) is 0 Å². The molecule has 1 aliphatic rings. The number of carbonyl (C=O) groups is 1. The average molecular weight is 423 g/mol. The van der Waals surface area contributed by atoms with E-state index in [0.717, 1.165) is 43.4 Å². The Kier molecular flexibility index (Phi) is 7.15. The van der Waals surface area contributed by atoms with Gasteiger partial charge in [0.25, 0.3) is 0 Å². The van der Waals surface area contributed by atoms with Crippen LogP contribution in [0.5, 0.6) is 5.75 Å². The summed E-state index contributed by atoms with van der Waals surface area (Å²) in [4.78, 5) is 16.4. The number of ether oxygens (including phenoxy) is 2. The quantitative estimate of drug-likeness (QED) is 0.703. The van der Waals surface area contributed by atoms with Gasteiger partial charge in [0, 0.05) is 18.4 Å². The summed E-state index contributed by atoms with van der Waals surface area (Å²) in [6, 6.07) is 6.14. The molecule has 3 rings (SSSR count). The molecular formula is C21H24F3N3O3. The van der Waals surface area contributed by atoms with Gasteiger partial charge in [-0.05, 0) is 55.5 Å². The normalized spacial score (nSPS) is 19.2. The van der Waals surface area contributed by atoms with Crippen LogP contribution in [0.15, 0.2) is 42.7 Å². The molecule has 9 heteroatoms. The van der Waals surface area contributed by atoms with E-state index in [4.69, 9.17) is 9.47 Å². The number of amides is 2. The number of alkyl halides is 3. The zero-order valence-electron chi connectivity index (χ0n) is 16.5. The van der Waals surface area contributed by atoms with Crippen LogP contribution in [0, 0.1) is 0 Å². The molecule has 30 heavy (non-hydrogen) atoms. The monoisotopic (exact) mass is 423 g/mol. The molecule has 1 saturated carbocycles. The van der Waals surface area contributed by atoms with Crippen molar-refractivity contribution >= 4 is 11.7 Å². The Bertz CT molecular complexity index is 838. The molecule has 0 spiro atoms. The van der Waals surface area contributed by atoms with Gasteiger partial charge in [-0.3, -0.25) is 4.98 Å². The highest BCUT2D eigenvalue weighted by molar-refractivity contribution is 5.91. The van der Waals surface area contributed by atoms with Crippen molar-refractivity contribution in [2.24, 2.45) is 0 Å². The fourth-order valence-electron chi connectivity index (χ4n) is 3.40. The second kappa shape index (κ2) is 9.80. The lowest BCUT2D eigenvalue weighted by Crippen LogP contribution is -2.41. The van der Waals surface area contributed by atoms with Gasteiger partial charge in [0.1, 0.15) is 5.75 Å². The summed E-state index contributed by atoms with van der Waals surface area (Å²) >= 11 is 0. The zero-order chi connectivity index (χ0) is 21.6. The van der Waals surface area contributed by atoms with E-state index in [1.807, 2.05) is 12.1 Å². The van der Waals surface area contributed by atoms with Crippen LogP contribution >= 0.6 is 0 Å². The molecule has 1 aromatic carbocycles. The van der Waals surface area contributed by atoms with Crippen LogP contribution in [-0.4, -0.2) is 30.3 Å². The van der Waals surface area contributed by atoms with Crippen molar-refractivity contribution in [3.05, 3.63) is 53.9 Å². The molecule has 2 amide bonds. The molecular weight excluding hydrogens is 399 g/mol. The number of hydrogen-bond donors (Lipinski definition) is 2. The van der Waals surface area contributed by atoms with Gasteiger partial charge in [0.05, 0.1) is 31.1 Å². The number of hydrogen-bond acceptors (Lipinski definition) is 4. The maximum atomic E-state index is 12.9. The minimum absolute atomic E-state index is 0.0293. The average Bonchev–Trinajstić information content (AvgIpc) is 2.73. The molecule has 2 N–H and O–H groups in total. The maximum Gasteiger partial charge on any atom is 0.416 e. The number of nitrogens with zero attached hydrogens (tertiary/aromatic N) is 1. The van der Waals surface area contributed by atoms with Gasteiger partial charge in [-0.15, -0.1) is 0 Å². The molecule has 0 saturated heterocycles. The number of nitrogens with one attached hydrogen (secondary N) is 2. The highest BCUT2D eigenvalue weighted by Gasteiger charge is 2.31. The number of rotatable bonds is 6. The third-order valence-electron chi connectivity index (χ3n) is 4.99. The summed E-state index contributed by atoms with van der Waals surface area (Å²) in [6.45, 7) is 0.492. The first kappa shape index (κ1) is 21.9. The van der Waals surface area contributed by atoms with E-state index in [1.54, 1.807) is 12.4 Å². The van der Waals surface area contributed by atoms with Crippen LogP contribution < -0.4 is 15.4 Å². The largest absolute Gasteiger partial charge is 0.495 e. The Morgan fingerprint density at radius 3 is 2.60 bits per heavy atom. The number of methoxy groups -OCH3 is 1. The number of anilines is 1. The Morgan fingerprint density at radius 1 is 1.20 bits per heavy atom. The summed E-state index contributed by atoms with van der Waals surface area (Å²) in [5, 5.41) is 5.28. The van der Waals surface area contributed by atoms with Crippen molar-refractivity contribution in [1.29, 1.82) is 0 Å². The lowest BCUT2D eigenvalue weighted by Gasteiger charge is -2.29. The Hall–Kier alpha value is -2.81. The number of carbonyl (C=O) groups excluding carboxylic acids is 1. The second-order valence-corrected chi connectivity index (χ2v) is 7.16. The summed E-state index contributed by atoms with van der Waals surface area (Å²) in [6.07, 6.45) is 2.11. The van der Waals surface area contributed by atoms with E-state index in [0.29, 0.717) is 6.61 Å². The van der Waals surface area contributed by atoms with Crippen LogP contribution in [0.25, 0.3) is 0 Å². The van der Waals surface area contributed by atoms with E-state index in [2.05, 4.69) is 15.6 Å². The number of pyridine rings is 1. The number of halogens is 3. The SMILES string of the molecule is COc1ccc(C(F)(F)F)cc1NC(=O)N[C@H]1CC[C@H](OCc2cccnc2)CC1. The predicted molar refractivity (Wildman–Crippen MR) is 105 cm³/mol. The molecule has 1 fully saturated rings. The number of benzene rings is 1. The van der Waals surface area contributed by atoms with Crippen molar-refractivity contribution < 1.29 is 27.4 Å². The summed E-state index contributed by atoms with van der Waals surface area (Å²) in [5.74, 6) is 0.158. The van der Waals surface area contributed by atoms with E-state index in [-0.39, 0.29) is 23.6 Å². The van der Waals surface area contributed by atoms with Crippen molar-refractivity contribution in [2.75, 3.05) is 12.4 Å². The van der Waals surface area contributed by atoms with Crippen LogP contribution in [0.4, 0.5) is 23.7 Å². The topological polar surface area (TPSA) is 72.5 Å². The summed E-state index contributed by atoms with van der Waals surface area (Å²) < 4.78 is 49.8. The molecule has 0 bridgehead atoms. The van der Waals surface area contributed by atoms with Crippen molar-refractivity contribution in [3.63, 3.8) is 0 Å². The Morgan fingerprint density at radius 2 is 1.97 bits per heavy atom. The molecule has 0 aliphatic heterocycles. The van der Waals surface area contributed by atoms with Crippen LogP contribution in [-0.2, 0) is 17.5 Å². The first-order valence-electron chi connectivity index (χ1n) is 9.68. The van der Waals surface area contributed by atoms with Crippen molar-refractivity contribution in [3.8, 4) is 5.75 Å². The van der Waals surface area contributed by atoms with Gasteiger partial charge in [-0.25, -0.2) is 4.79 Å². The lowest BCUT2D eigenvalue weighted by molar-refractivity contribution is -0.137. The highest BCUT2D eigenvalue weighted by atomic mass is 19.4. The first-order valence-corrected chi connectivity index (χ1v) is 9.68. The lowest BCUT2D eigenvalue weighted by atomic mass is 9.93. The van der Waals surface area contributed by atoms with Gasteiger partial charge in [-0.2, -0.15) is 13.2 Å². The van der Waals surface area contributed by atoms with E-state index >= 15 is 0 Å². The molecule has 6 nitrogen and oxygen atoms in total. The molecule has 162 valence electrons. The van der Waals surface area contributed by atoms with Crippen molar-refractivity contribution in [1.82, 2.24) is 10.3 Å². The van der Waals surface area contributed by atoms with Gasteiger partial charge in [-0.1, -0.05) is 6.07 Å². The van der Waals surface area contributed by atoms with Crippen molar-refractivity contribution in [2.45, 2.75) is 50.6 Å². The van der Waals surface area contributed by atoms with E-state index < -0.39 is 17.8 Å². The smallest absolute Gasteiger partial charge is 0.416 e. The predicted octanol–water partition coefficient (Wildman–Crippen LogP) is 4.76. The molecule has 2 aromatic rings. The van der Waals surface area contributed by atoms with Gasteiger partial charge < -0.3 is 20.1 Å². The fourth-order valence-corrected chi connectivity index (χ4v) is 3.40. The Labute approximate surface area is 172 Å². The number of urea groups is 1. The molecule has 1 heterocycles. The summed E-state index contributed by atoms with van der Waals surface area (Å²) in [7, 11) is 1.33. The second-order valence-electron chi connectivity index (χ2n) is 7.16. The zero-order valence-corrected chi connectivity index (χ0v) is 16.5. The summed E-state index contributed by atoms with van der Waals surface area (Å²) in [5.41, 5.74) is 0.121. The third-order valence-corrected chi connectivity index (χ3v) is 4.99. The molecule has 0 radical (unpaired) electrons. The van der Waals surface area contributed by atoms with Crippen LogP contribution in [0.2, 0.25) is 0 Å². The molecule has 1 aromatic heterocycles. The van der Waals surface area contributed by atoms with Gasteiger partial charge in [0.2, 0.25) is 0 Å². The first-order chi connectivity index (χ1) is 14.3. The molecule has 0 atom stereocenters. The third kappa shape index (κ3) is 6.09. The van der Waals surface area contributed by atoms with Crippen LogP contribution in [0.3, 0.4) is 0 Å². The van der Waals surface area contributed by atoms with E-state index in [1.165, 1.54) is 13.2 Å². The number of aromatic nitrogens is 1. The standard InChI is InChI=1S/C21H24F3N3O3/c1-29-19-9-4-15(21(22,23)24)11-18(19)27-20(28)26-16-5-7-17(8-6-16)30-13-14-3-2-10-25-12-14/h2-4,9-12,16-17H,5-8,13H2,1H3,(H2,26,27,28)/t16-,17-. The molecule has 0 unspecified atom stereocenters. The minimum atomic E-state index is -4.51. The maximum absolute atomic E-state index is 12.9. The van der Waals surface area contributed by atoms with Gasteiger partial charge >= 0.3 is 12.2 Å². The highest BCUT2D eigenvalue weighted by Crippen LogP contribution is 2.35. The fraction of sp³-hybridized carbons (Fsp3) is 0.429. The molecule has 1 aliphatic carbocycles. The van der Waals surface area contributed by atoms with Crippen LogP contribution in [0.1, 0.15) is 36.8 Å². The Balaban J connectivity index is 1.48.